The van der Waals surface area contributed by atoms with Crippen LogP contribution in [0.1, 0.15) is 30.6 Å². The molecule has 1 aliphatic heterocycles. The number of carbonyl (C=O) groups excluding carboxylic acids is 2. The van der Waals surface area contributed by atoms with E-state index in [0.717, 1.165) is 24.2 Å². The number of nitrogens with zero attached hydrogens (tertiary/aromatic N) is 3. The summed E-state index contributed by atoms with van der Waals surface area (Å²) in [6, 6.07) is 7.84. The minimum Gasteiger partial charge on any atom is -0.467 e. The summed E-state index contributed by atoms with van der Waals surface area (Å²) >= 11 is 0. The number of carbonyl (C=O) groups is 2. The highest BCUT2D eigenvalue weighted by Crippen LogP contribution is 2.32. The second-order valence-electron chi connectivity index (χ2n) is 6.81. The van der Waals surface area contributed by atoms with Crippen molar-refractivity contribution < 1.29 is 14.0 Å². The maximum absolute atomic E-state index is 13.0. The SMILES string of the molecule is O=C1CC(C(=O)N(Cc2ccncc2)C2CC2)CN1Cc1ccco1. The molecule has 1 saturated carbocycles. The number of likely N-dealkylation sites (tertiary alicyclic amines) is 1. The molecular formula is C19H21N3O3. The van der Waals surface area contributed by atoms with Crippen molar-refractivity contribution in [3.8, 4) is 0 Å². The molecule has 2 aliphatic rings. The molecule has 1 saturated heterocycles. The van der Waals surface area contributed by atoms with Crippen LogP contribution < -0.4 is 0 Å². The minimum atomic E-state index is -0.259. The van der Waals surface area contributed by atoms with Gasteiger partial charge in [-0.1, -0.05) is 0 Å². The van der Waals surface area contributed by atoms with Crippen molar-refractivity contribution in [2.45, 2.75) is 38.4 Å². The molecule has 0 radical (unpaired) electrons. The van der Waals surface area contributed by atoms with Crippen LogP contribution in [-0.4, -0.2) is 39.2 Å². The van der Waals surface area contributed by atoms with E-state index in [1.165, 1.54) is 0 Å². The van der Waals surface area contributed by atoms with Crippen LogP contribution in [0.25, 0.3) is 0 Å². The second-order valence-corrected chi connectivity index (χ2v) is 6.81. The number of hydrogen-bond donors (Lipinski definition) is 0. The molecule has 6 heteroatoms. The third-order valence-electron chi connectivity index (χ3n) is 4.86. The Morgan fingerprint density at radius 1 is 1.28 bits per heavy atom. The molecule has 6 nitrogen and oxygen atoms in total. The van der Waals surface area contributed by atoms with Gasteiger partial charge < -0.3 is 14.2 Å². The van der Waals surface area contributed by atoms with Crippen molar-refractivity contribution in [2.75, 3.05) is 6.54 Å². The van der Waals surface area contributed by atoms with Crippen molar-refractivity contribution in [2.24, 2.45) is 5.92 Å². The predicted octanol–water partition coefficient (Wildman–Crippen LogP) is 2.21. The first-order valence-corrected chi connectivity index (χ1v) is 8.70. The van der Waals surface area contributed by atoms with Gasteiger partial charge in [-0.05, 0) is 42.7 Å². The van der Waals surface area contributed by atoms with E-state index in [0.29, 0.717) is 32.1 Å². The molecule has 25 heavy (non-hydrogen) atoms. The molecule has 2 amide bonds. The number of rotatable bonds is 6. The number of amides is 2. The fraction of sp³-hybridized carbons (Fsp3) is 0.421. The molecule has 3 heterocycles. The van der Waals surface area contributed by atoms with Crippen LogP contribution >= 0.6 is 0 Å². The van der Waals surface area contributed by atoms with Gasteiger partial charge >= 0.3 is 0 Å². The van der Waals surface area contributed by atoms with Crippen molar-refractivity contribution in [1.29, 1.82) is 0 Å². The standard InChI is InChI=1S/C19H21N3O3/c23-18-10-15(12-21(18)13-17-2-1-9-25-17)19(24)22(16-3-4-16)11-14-5-7-20-8-6-14/h1-2,5-9,15-16H,3-4,10-13H2. The van der Waals surface area contributed by atoms with Crippen molar-refractivity contribution >= 4 is 11.8 Å². The first-order chi connectivity index (χ1) is 12.2. The molecule has 1 unspecified atom stereocenters. The van der Waals surface area contributed by atoms with E-state index in [2.05, 4.69) is 4.98 Å². The summed E-state index contributed by atoms with van der Waals surface area (Å²) < 4.78 is 5.32. The summed E-state index contributed by atoms with van der Waals surface area (Å²) in [6.45, 7) is 1.50. The highest BCUT2D eigenvalue weighted by Gasteiger charge is 2.41. The Balaban J connectivity index is 1.43. The lowest BCUT2D eigenvalue weighted by Gasteiger charge is -2.25. The summed E-state index contributed by atoms with van der Waals surface area (Å²) in [6.07, 6.45) is 7.48. The van der Waals surface area contributed by atoms with Gasteiger partial charge in [-0.25, -0.2) is 0 Å². The van der Waals surface area contributed by atoms with Gasteiger partial charge in [-0.15, -0.1) is 0 Å². The van der Waals surface area contributed by atoms with Gasteiger partial charge in [-0.2, -0.15) is 0 Å². The Morgan fingerprint density at radius 2 is 2.08 bits per heavy atom. The molecule has 1 atom stereocenters. The molecule has 1 aliphatic carbocycles. The molecule has 0 aromatic carbocycles. The zero-order valence-electron chi connectivity index (χ0n) is 14.0. The highest BCUT2D eigenvalue weighted by molar-refractivity contribution is 5.89. The lowest BCUT2D eigenvalue weighted by Crippen LogP contribution is -2.38. The predicted molar refractivity (Wildman–Crippen MR) is 90.0 cm³/mol. The van der Waals surface area contributed by atoms with E-state index in [4.69, 9.17) is 4.42 Å². The molecule has 2 aromatic heterocycles. The maximum atomic E-state index is 13.0. The molecule has 0 spiro atoms. The number of aromatic nitrogens is 1. The van der Waals surface area contributed by atoms with Gasteiger partial charge in [-0.3, -0.25) is 14.6 Å². The molecule has 0 bridgehead atoms. The van der Waals surface area contributed by atoms with Crippen LogP contribution in [-0.2, 0) is 22.7 Å². The average Bonchev–Trinajstić information content (AvgIpc) is 3.22. The third kappa shape index (κ3) is 3.57. The normalized spacial score (nSPS) is 20.1. The number of furan rings is 1. The van der Waals surface area contributed by atoms with Crippen molar-refractivity contribution in [1.82, 2.24) is 14.8 Å². The monoisotopic (exact) mass is 339 g/mol. The highest BCUT2D eigenvalue weighted by atomic mass is 16.3. The van der Waals surface area contributed by atoms with Crippen LogP contribution in [0.4, 0.5) is 0 Å². The molecule has 4 rings (SSSR count). The molecule has 2 fully saturated rings. The molecule has 0 N–H and O–H groups in total. The summed E-state index contributed by atoms with van der Waals surface area (Å²) in [5.41, 5.74) is 1.08. The van der Waals surface area contributed by atoms with Gasteiger partial charge in [0.1, 0.15) is 5.76 Å². The fourth-order valence-electron chi connectivity index (χ4n) is 3.37. The molecular weight excluding hydrogens is 318 g/mol. The zero-order valence-corrected chi connectivity index (χ0v) is 14.0. The minimum absolute atomic E-state index is 0.0226. The van der Waals surface area contributed by atoms with Gasteiger partial charge in [0.25, 0.3) is 0 Å². The Hall–Kier alpha value is -2.63. The third-order valence-corrected chi connectivity index (χ3v) is 4.86. The van der Waals surface area contributed by atoms with Gasteiger partial charge in [0.2, 0.25) is 11.8 Å². The zero-order chi connectivity index (χ0) is 17.2. The van der Waals surface area contributed by atoms with Crippen molar-refractivity contribution in [3.05, 3.63) is 54.2 Å². The largest absolute Gasteiger partial charge is 0.467 e. The Morgan fingerprint density at radius 3 is 2.76 bits per heavy atom. The smallest absolute Gasteiger partial charge is 0.228 e. The van der Waals surface area contributed by atoms with E-state index >= 15 is 0 Å². The number of hydrogen-bond acceptors (Lipinski definition) is 4. The maximum Gasteiger partial charge on any atom is 0.228 e. The van der Waals surface area contributed by atoms with E-state index in [1.807, 2.05) is 29.2 Å². The topological polar surface area (TPSA) is 66.7 Å². The first kappa shape index (κ1) is 15.9. The van der Waals surface area contributed by atoms with E-state index < -0.39 is 0 Å². The van der Waals surface area contributed by atoms with Crippen LogP contribution in [0, 0.1) is 5.92 Å². The average molecular weight is 339 g/mol. The lowest BCUT2D eigenvalue weighted by atomic mass is 10.1. The fourth-order valence-corrected chi connectivity index (χ4v) is 3.37. The summed E-state index contributed by atoms with van der Waals surface area (Å²) in [4.78, 5) is 33.0. The Labute approximate surface area is 146 Å². The van der Waals surface area contributed by atoms with Crippen LogP contribution in [0.5, 0.6) is 0 Å². The van der Waals surface area contributed by atoms with Gasteiger partial charge in [0.15, 0.2) is 0 Å². The van der Waals surface area contributed by atoms with E-state index in [9.17, 15) is 9.59 Å². The summed E-state index contributed by atoms with van der Waals surface area (Å²) in [7, 11) is 0. The van der Waals surface area contributed by atoms with E-state index in [-0.39, 0.29) is 17.7 Å². The Kier molecular flexibility index (Phi) is 4.26. The van der Waals surface area contributed by atoms with Crippen LogP contribution in [0.15, 0.2) is 47.3 Å². The first-order valence-electron chi connectivity index (χ1n) is 8.70. The summed E-state index contributed by atoms with van der Waals surface area (Å²) in [5.74, 6) is 0.603. The van der Waals surface area contributed by atoms with E-state index in [1.54, 1.807) is 23.6 Å². The molecule has 130 valence electrons. The number of pyridine rings is 1. The molecule has 2 aromatic rings. The summed E-state index contributed by atoms with van der Waals surface area (Å²) in [5, 5.41) is 0. The van der Waals surface area contributed by atoms with Gasteiger partial charge in [0.05, 0.1) is 18.7 Å². The van der Waals surface area contributed by atoms with Gasteiger partial charge in [0, 0.05) is 37.9 Å². The van der Waals surface area contributed by atoms with Crippen LogP contribution in [0.2, 0.25) is 0 Å². The second kappa shape index (κ2) is 6.70. The van der Waals surface area contributed by atoms with Crippen LogP contribution in [0.3, 0.4) is 0 Å². The quantitative estimate of drug-likeness (QED) is 0.809. The van der Waals surface area contributed by atoms with Crippen molar-refractivity contribution in [3.63, 3.8) is 0 Å². The Bertz CT molecular complexity index is 741. The lowest BCUT2D eigenvalue weighted by molar-refractivity contribution is -0.137.